The zero-order chi connectivity index (χ0) is 18.7. The second kappa shape index (κ2) is 7.43. The molecule has 6 heteroatoms. The minimum Gasteiger partial charge on any atom is -0.321 e. The Morgan fingerprint density at radius 3 is 2.50 bits per heavy atom. The van der Waals surface area contributed by atoms with Crippen molar-refractivity contribution in [2.75, 3.05) is 6.54 Å². The van der Waals surface area contributed by atoms with Crippen LogP contribution >= 0.6 is 0 Å². The van der Waals surface area contributed by atoms with E-state index < -0.39 is 10.0 Å². The average Bonchev–Trinajstić information content (AvgIpc) is 2.56. The van der Waals surface area contributed by atoms with Gasteiger partial charge in [0.2, 0.25) is 10.0 Å². The van der Waals surface area contributed by atoms with Gasteiger partial charge in [-0.3, -0.25) is 4.79 Å². The third kappa shape index (κ3) is 4.39. The van der Waals surface area contributed by atoms with Crippen molar-refractivity contribution < 1.29 is 8.42 Å². The quantitative estimate of drug-likeness (QED) is 0.700. The van der Waals surface area contributed by atoms with Gasteiger partial charge in [0.1, 0.15) is 0 Å². The molecule has 0 spiro atoms. The average molecular weight is 370 g/mol. The lowest BCUT2D eigenvalue weighted by molar-refractivity contribution is 0.580. The van der Waals surface area contributed by atoms with Crippen molar-refractivity contribution in [1.82, 2.24) is 9.71 Å². The van der Waals surface area contributed by atoms with Crippen LogP contribution in [0.25, 0.3) is 10.9 Å². The molecular weight excluding hydrogens is 348 g/mol. The van der Waals surface area contributed by atoms with Gasteiger partial charge in [0.25, 0.3) is 5.56 Å². The fourth-order valence-electron chi connectivity index (χ4n) is 3.10. The number of pyridine rings is 1. The third-order valence-electron chi connectivity index (χ3n) is 4.29. The van der Waals surface area contributed by atoms with Crippen LogP contribution in [0.15, 0.2) is 53.3 Å². The van der Waals surface area contributed by atoms with E-state index in [1.54, 1.807) is 12.1 Å². The van der Waals surface area contributed by atoms with E-state index in [0.29, 0.717) is 12.0 Å². The predicted molar refractivity (Wildman–Crippen MR) is 105 cm³/mol. The maximum Gasteiger partial charge on any atom is 0.251 e. The standard InChI is InChI=1S/C20H22N2O3S/c1-14-10-15(2)19-18(11-14)12-17(20(23)22-19)8-9-21-26(24,25)13-16-6-4-3-5-7-16/h3-7,10-12,21H,8-9,13H2,1-2H3,(H,22,23). The van der Waals surface area contributed by atoms with Gasteiger partial charge in [-0.25, -0.2) is 13.1 Å². The van der Waals surface area contributed by atoms with Crippen LogP contribution in [-0.4, -0.2) is 19.9 Å². The van der Waals surface area contributed by atoms with Gasteiger partial charge < -0.3 is 4.98 Å². The number of hydrogen-bond acceptors (Lipinski definition) is 3. The summed E-state index contributed by atoms with van der Waals surface area (Å²) in [5.74, 6) is -0.0691. The topological polar surface area (TPSA) is 79.0 Å². The summed E-state index contributed by atoms with van der Waals surface area (Å²) in [6.07, 6.45) is 0.340. The van der Waals surface area contributed by atoms with E-state index >= 15 is 0 Å². The van der Waals surface area contributed by atoms with E-state index in [2.05, 4.69) is 9.71 Å². The van der Waals surface area contributed by atoms with Crippen molar-refractivity contribution in [2.45, 2.75) is 26.0 Å². The molecule has 0 fully saturated rings. The van der Waals surface area contributed by atoms with Gasteiger partial charge in [0.15, 0.2) is 0 Å². The van der Waals surface area contributed by atoms with Crippen LogP contribution in [0.3, 0.4) is 0 Å². The Morgan fingerprint density at radius 2 is 1.77 bits per heavy atom. The summed E-state index contributed by atoms with van der Waals surface area (Å²) in [5, 5.41) is 0.962. The Hall–Kier alpha value is -2.44. The molecule has 0 aliphatic carbocycles. The molecule has 1 heterocycles. The summed E-state index contributed by atoms with van der Waals surface area (Å²) in [6.45, 7) is 4.16. The Labute approximate surface area is 153 Å². The van der Waals surface area contributed by atoms with E-state index in [9.17, 15) is 13.2 Å². The second-order valence-electron chi connectivity index (χ2n) is 6.56. The molecule has 0 saturated carbocycles. The van der Waals surface area contributed by atoms with Gasteiger partial charge in [0, 0.05) is 12.1 Å². The molecule has 0 aliphatic rings. The molecule has 2 aromatic carbocycles. The molecule has 5 nitrogen and oxygen atoms in total. The van der Waals surface area contributed by atoms with E-state index in [1.165, 1.54) is 0 Å². The van der Waals surface area contributed by atoms with E-state index in [-0.39, 0.29) is 17.9 Å². The van der Waals surface area contributed by atoms with Crippen LogP contribution < -0.4 is 10.3 Å². The summed E-state index contributed by atoms with van der Waals surface area (Å²) in [5.41, 5.74) is 4.10. The van der Waals surface area contributed by atoms with Crippen molar-refractivity contribution in [3.05, 3.63) is 81.1 Å². The summed E-state index contributed by atoms with van der Waals surface area (Å²) in [6, 6.07) is 14.9. The van der Waals surface area contributed by atoms with Gasteiger partial charge in [-0.2, -0.15) is 0 Å². The highest BCUT2D eigenvalue weighted by Crippen LogP contribution is 2.18. The van der Waals surface area contributed by atoms with Crippen LogP contribution in [0, 0.1) is 13.8 Å². The number of aryl methyl sites for hydroxylation is 2. The lowest BCUT2D eigenvalue weighted by Gasteiger charge is -2.09. The van der Waals surface area contributed by atoms with Crippen molar-refractivity contribution in [3.8, 4) is 0 Å². The number of sulfonamides is 1. The Balaban J connectivity index is 1.71. The molecule has 0 aliphatic heterocycles. The molecule has 3 aromatic rings. The zero-order valence-electron chi connectivity index (χ0n) is 14.9. The normalized spacial score (nSPS) is 11.8. The molecule has 0 bridgehead atoms. The van der Waals surface area contributed by atoms with Crippen molar-refractivity contribution in [3.63, 3.8) is 0 Å². The number of fused-ring (bicyclic) bond motifs is 1. The molecule has 0 radical (unpaired) electrons. The Kier molecular flexibility index (Phi) is 5.25. The predicted octanol–water partition coefficient (Wildman–Crippen LogP) is 2.81. The molecular formula is C20H22N2O3S. The van der Waals surface area contributed by atoms with Crippen LogP contribution in [0.2, 0.25) is 0 Å². The zero-order valence-corrected chi connectivity index (χ0v) is 15.7. The lowest BCUT2D eigenvalue weighted by Crippen LogP contribution is -2.28. The minimum absolute atomic E-state index is 0.0691. The first kappa shape index (κ1) is 18.4. The van der Waals surface area contributed by atoms with E-state index in [1.807, 2.05) is 50.2 Å². The van der Waals surface area contributed by atoms with Gasteiger partial charge in [-0.1, -0.05) is 42.0 Å². The maximum atomic E-state index is 12.3. The number of benzene rings is 2. The summed E-state index contributed by atoms with van der Waals surface area (Å²) in [7, 11) is -3.44. The molecule has 0 saturated heterocycles. The number of aromatic amines is 1. The largest absolute Gasteiger partial charge is 0.321 e. The monoisotopic (exact) mass is 370 g/mol. The molecule has 2 N–H and O–H groups in total. The lowest BCUT2D eigenvalue weighted by atomic mass is 10.0. The number of hydrogen-bond donors (Lipinski definition) is 2. The van der Waals surface area contributed by atoms with E-state index in [4.69, 9.17) is 0 Å². The van der Waals surface area contributed by atoms with Crippen LogP contribution in [0.4, 0.5) is 0 Å². The first-order valence-electron chi connectivity index (χ1n) is 8.48. The van der Waals surface area contributed by atoms with Crippen LogP contribution in [0.1, 0.15) is 22.3 Å². The highest BCUT2D eigenvalue weighted by atomic mass is 32.2. The number of rotatable bonds is 6. The van der Waals surface area contributed by atoms with Crippen molar-refractivity contribution in [1.29, 1.82) is 0 Å². The van der Waals surface area contributed by atoms with Gasteiger partial charge in [-0.05, 0) is 48.9 Å². The fourth-order valence-corrected chi connectivity index (χ4v) is 4.25. The molecule has 0 amide bonds. The van der Waals surface area contributed by atoms with Crippen LogP contribution in [0.5, 0.6) is 0 Å². The molecule has 26 heavy (non-hydrogen) atoms. The first-order chi connectivity index (χ1) is 12.3. The van der Waals surface area contributed by atoms with Crippen molar-refractivity contribution >= 4 is 20.9 Å². The molecule has 0 atom stereocenters. The van der Waals surface area contributed by atoms with E-state index in [0.717, 1.165) is 27.6 Å². The van der Waals surface area contributed by atoms with Gasteiger partial charge in [-0.15, -0.1) is 0 Å². The molecule has 0 unspecified atom stereocenters. The number of aromatic nitrogens is 1. The molecule has 1 aromatic heterocycles. The third-order valence-corrected chi connectivity index (χ3v) is 5.64. The highest BCUT2D eigenvalue weighted by molar-refractivity contribution is 7.88. The van der Waals surface area contributed by atoms with Crippen LogP contribution in [-0.2, 0) is 22.2 Å². The molecule has 136 valence electrons. The second-order valence-corrected chi connectivity index (χ2v) is 8.37. The van der Waals surface area contributed by atoms with Gasteiger partial charge >= 0.3 is 0 Å². The van der Waals surface area contributed by atoms with Gasteiger partial charge in [0.05, 0.1) is 11.3 Å². The fraction of sp³-hybridized carbons (Fsp3) is 0.250. The summed E-state index contributed by atoms with van der Waals surface area (Å²) in [4.78, 5) is 15.2. The maximum absolute atomic E-state index is 12.3. The summed E-state index contributed by atoms with van der Waals surface area (Å²) < 4.78 is 26.9. The Morgan fingerprint density at radius 1 is 1.04 bits per heavy atom. The molecule has 3 rings (SSSR count). The smallest absolute Gasteiger partial charge is 0.251 e. The minimum atomic E-state index is -3.44. The number of H-pyrrole nitrogens is 1. The Bertz CT molecular complexity index is 1090. The van der Waals surface area contributed by atoms with Crippen molar-refractivity contribution in [2.24, 2.45) is 0 Å². The summed E-state index contributed by atoms with van der Waals surface area (Å²) >= 11 is 0. The highest BCUT2D eigenvalue weighted by Gasteiger charge is 2.12. The number of nitrogens with one attached hydrogen (secondary N) is 2. The SMILES string of the molecule is Cc1cc(C)c2[nH]c(=O)c(CCNS(=O)(=O)Cc3ccccc3)cc2c1. The first-order valence-corrected chi connectivity index (χ1v) is 10.1.